The summed E-state index contributed by atoms with van der Waals surface area (Å²) >= 11 is 0. The van der Waals surface area contributed by atoms with Crippen LogP contribution < -0.4 is 5.43 Å². The molecule has 130 valence electrons. The highest BCUT2D eigenvalue weighted by molar-refractivity contribution is 6.63. The molecule has 0 unspecified atom stereocenters. The van der Waals surface area contributed by atoms with Crippen LogP contribution in [0.5, 0.6) is 0 Å². The smallest absolute Gasteiger partial charge is 0.369 e. The number of nitrogens with one attached hydrogen (secondary N) is 1. The van der Waals surface area contributed by atoms with Crippen LogP contribution in [0.2, 0.25) is 0 Å². The standard InChI is InChI=1S/C13H18N6O5/c1-6-19-8(9(20)18(4)5)14-12(17-19)16-15-7-10(21)23-13(2,3)24-11(7)22/h6H2,1-5H3,(H,16,17). The number of cyclic esters (lactones) is 2. The molecule has 0 atom stereocenters. The molecular formula is C13H18N6O5. The Bertz CT molecular complexity index is 698. The third-order valence-corrected chi connectivity index (χ3v) is 2.90. The molecule has 1 fully saturated rings. The van der Waals surface area contributed by atoms with Crippen LogP contribution in [0.4, 0.5) is 5.95 Å². The van der Waals surface area contributed by atoms with Gasteiger partial charge in [0.05, 0.1) is 0 Å². The first-order valence-electron chi connectivity index (χ1n) is 7.11. The van der Waals surface area contributed by atoms with Gasteiger partial charge in [0.15, 0.2) is 0 Å². The number of amides is 1. The first-order chi connectivity index (χ1) is 11.1. The summed E-state index contributed by atoms with van der Waals surface area (Å²) in [4.78, 5) is 40.9. The number of hydrazone groups is 1. The van der Waals surface area contributed by atoms with Crippen molar-refractivity contribution in [1.82, 2.24) is 19.7 Å². The normalized spacial score (nSPS) is 16.3. The minimum Gasteiger partial charge on any atom is -0.418 e. The van der Waals surface area contributed by atoms with Crippen molar-refractivity contribution in [2.45, 2.75) is 33.1 Å². The first-order valence-corrected chi connectivity index (χ1v) is 7.11. The van der Waals surface area contributed by atoms with Gasteiger partial charge in [0.1, 0.15) is 0 Å². The summed E-state index contributed by atoms with van der Waals surface area (Å²) in [6, 6.07) is 0. The molecule has 2 heterocycles. The number of carbonyl (C=O) groups excluding carboxylic acids is 3. The Morgan fingerprint density at radius 2 is 1.88 bits per heavy atom. The summed E-state index contributed by atoms with van der Waals surface area (Å²) in [7, 11) is 3.17. The second-order valence-electron chi connectivity index (χ2n) is 5.53. The lowest BCUT2D eigenvalue weighted by Gasteiger charge is -2.28. The molecule has 0 bridgehead atoms. The van der Waals surface area contributed by atoms with E-state index in [1.807, 2.05) is 0 Å². The molecule has 1 aliphatic heterocycles. The van der Waals surface area contributed by atoms with E-state index >= 15 is 0 Å². The number of hydrogen-bond donors (Lipinski definition) is 1. The van der Waals surface area contributed by atoms with Crippen LogP contribution in [0.25, 0.3) is 0 Å². The van der Waals surface area contributed by atoms with Crippen LogP contribution in [0.3, 0.4) is 0 Å². The van der Waals surface area contributed by atoms with Gasteiger partial charge >= 0.3 is 11.9 Å². The number of rotatable bonds is 4. The lowest BCUT2D eigenvalue weighted by Crippen LogP contribution is -2.47. The van der Waals surface area contributed by atoms with Gasteiger partial charge in [-0.15, -0.1) is 5.10 Å². The molecular weight excluding hydrogens is 320 g/mol. The number of esters is 2. The third kappa shape index (κ3) is 3.50. The van der Waals surface area contributed by atoms with Crippen LogP contribution in [-0.2, 0) is 25.6 Å². The summed E-state index contributed by atoms with van der Waals surface area (Å²) in [6.07, 6.45) is 0. The molecule has 0 aromatic carbocycles. The molecule has 0 saturated carbocycles. The fraction of sp³-hybridized carbons (Fsp3) is 0.538. The van der Waals surface area contributed by atoms with Crippen LogP contribution in [0.15, 0.2) is 5.10 Å². The SMILES string of the molecule is CCn1nc(NN=C2C(=O)OC(C)(C)OC2=O)nc1C(=O)N(C)C. The quantitative estimate of drug-likeness (QED) is 0.580. The van der Waals surface area contributed by atoms with Gasteiger partial charge in [0.2, 0.25) is 5.82 Å². The van der Waals surface area contributed by atoms with Gasteiger partial charge in [-0.05, 0) is 6.92 Å². The highest BCUT2D eigenvalue weighted by Crippen LogP contribution is 2.18. The number of aryl methyl sites for hydroxylation is 1. The maximum atomic E-state index is 12.0. The van der Waals surface area contributed by atoms with E-state index in [9.17, 15) is 14.4 Å². The molecule has 11 nitrogen and oxygen atoms in total. The zero-order valence-corrected chi connectivity index (χ0v) is 14.0. The summed E-state index contributed by atoms with van der Waals surface area (Å²) in [6.45, 7) is 5.04. The van der Waals surface area contributed by atoms with Gasteiger partial charge in [-0.3, -0.25) is 4.79 Å². The minimum absolute atomic E-state index is 0.0417. The Hall–Kier alpha value is -2.98. The summed E-state index contributed by atoms with van der Waals surface area (Å²) < 4.78 is 11.2. The van der Waals surface area contributed by atoms with Crippen LogP contribution >= 0.6 is 0 Å². The van der Waals surface area contributed by atoms with E-state index < -0.39 is 23.4 Å². The van der Waals surface area contributed by atoms with E-state index in [1.54, 1.807) is 21.0 Å². The lowest BCUT2D eigenvalue weighted by molar-refractivity contribution is -0.214. The van der Waals surface area contributed by atoms with Gasteiger partial charge in [-0.25, -0.2) is 19.7 Å². The first kappa shape index (κ1) is 17.4. The average Bonchev–Trinajstić information content (AvgIpc) is 2.87. The molecule has 1 aromatic heterocycles. The van der Waals surface area contributed by atoms with Gasteiger partial charge in [0, 0.05) is 34.5 Å². The topological polar surface area (TPSA) is 128 Å². The molecule has 1 saturated heterocycles. The summed E-state index contributed by atoms with van der Waals surface area (Å²) in [5.41, 5.74) is 1.80. The number of hydrogen-bond acceptors (Lipinski definition) is 9. The van der Waals surface area contributed by atoms with E-state index in [-0.39, 0.29) is 17.7 Å². The summed E-state index contributed by atoms with van der Waals surface area (Å²) in [5.74, 6) is -3.49. The Morgan fingerprint density at radius 3 is 2.38 bits per heavy atom. The van der Waals surface area contributed by atoms with Gasteiger partial charge in [-0.1, -0.05) is 0 Å². The number of ether oxygens (including phenoxy) is 2. The Balaban J connectivity index is 2.22. The van der Waals surface area contributed by atoms with Crippen molar-refractivity contribution in [3.05, 3.63) is 5.82 Å². The van der Waals surface area contributed by atoms with Gasteiger partial charge in [0.25, 0.3) is 23.4 Å². The lowest BCUT2D eigenvalue weighted by atomic mass is 10.3. The van der Waals surface area contributed by atoms with E-state index in [0.717, 1.165) is 0 Å². The van der Waals surface area contributed by atoms with Crippen molar-refractivity contribution < 1.29 is 23.9 Å². The van der Waals surface area contributed by atoms with Crippen LogP contribution in [0.1, 0.15) is 31.4 Å². The molecule has 1 N–H and O–H groups in total. The third-order valence-electron chi connectivity index (χ3n) is 2.90. The second-order valence-corrected chi connectivity index (χ2v) is 5.53. The maximum Gasteiger partial charge on any atom is 0.369 e. The molecule has 2 rings (SSSR count). The van der Waals surface area contributed by atoms with E-state index in [2.05, 4.69) is 20.6 Å². The predicted molar refractivity (Wildman–Crippen MR) is 81.0 cm³/mol. The summed E-state index contributed by atoms with van der Waals surface area (Å²) in [5, 5.41) is 7.66. The van der Waals surface area contributed by atoms with Crippen molar-refractivity contribution in [1.29, 1.82) is 0 Å². The van der Waals surface area contributed by atoms with E-state index in [0.29, 0.717) is 6.54 Å². The zero-order valence-electron chi connectivity index (χ0n) is 14.0. The van der Waals surface area contributed by atoms with E-state index in [4.69, 9.17) is 9.47 Å². The van der Waals surface area contributed by atoms with Crippen molar-refractivity contribution in [3.8, 4) is 0 Å². The van der Waals surface area contributed by atoms with Gasteiger partial charge < -0.3 is 14.4 Å². The number of anilines is 1. The largest absolute Gasteiger partial charge is 0.418 e. The minimum atomic E-state index is -1.35. The molecule has 0 radical (unpaired) electrons. The number of carbonyl (C=O) groups is 3. The second kappa shape index (κ2) is 6.26. The van der Waals surface area contributed by atoms with Crippen LogP contribution in [-0.4, -0.2) is 63.1 Å². The van der Waals surface area contributed by atoms with Crippen molar-refractivity contribution >= 4 is 29.5 Å². The van der Waals surface area contributed by atoms with Crippen molar-refractivity contribution in [2.75, 3.05) is 19.5 Å². The highest BCUT2D eigenvalue weighted by atomic mass is 16.7. The van der Waals surface area contributed by atoms with Gasteiger partial charge in [-0.2, -0.15) is 10.1 Å². The average molecular weight is 338 g/mol. The molecule has 0 spiro atoms. The maximum absolute atomic E-state index is 12.0. The number of aromatic nitrogens is 3. The zero-order chi connectivity index (χ0) is 18.1. The molecule has 1 aliphatic rings. The van der Waals surface area contributed by atoms with Crippen LogP contribution in [0, 0.1) is 0 Å². The highest BCUT2D eigenvalue weighted by Gasteiger charge is 2.40. The molecule has 1 aromatic rings. The Kier molecular flexibility index (Phi) is 4.53. The molecule has 11 heteroatoms. The predicted octanol–water partition coefficient (Wildman–Crippen LogP) is -0.396. The van der Waals surface area contributed by atoms with Crippen molar-refractivity contribution in [2.24, 2.45) is 5.10 Å². The fourth-order valence-corrected chi connectivity index (χ4v) is 1.81. The number of nitrogens with zero attached hydrogens (tertiary/aromatic N) is 5. The molecule has 1 amide bonds. The molecule has 0 aliphatic carbocycles. The van der Waals surface area contributed by atoms with Crippen molar-refractivity contribution in [3.63, 3.8) is 0 Å². The monoisotopic (exact) mass is 338 g/mol. The van der Waals surface area contributed by atoms with E-state index in [1.165, 1.54) is 23.4 Å². The molecule has 24 heavy (non-hydrogen) atoms. The Morgan fingerprint density at radius 1 is 1.29 bits per heavy atom. The Labute approximate surface area is 137 Å². The fourth-order valence-electron chi connectivity index (χ4n) is 1.81.